The molecule has 0 unspecified atom stereocenters. The summed E-state index contributed by atoms with van der Waals surface area (Å²) in [6, 6.07) is 8.61. The number of anilines is 1. The first-order chi connectivity index (χ1) is 10.1. The summed E-state index contributed by atoms with van der Waals surface area (Å²) in [5.74, 6) is 2.32. The summed E-state index contributed by atoms with van der Waals surface area (Å²) in [4.78, 5) is 0. The van der Waals surface area contributed by atoms with Gasteiger partial charge in [0, 0.05) is 16.8 Å². The van der Waals surface area contributed by atoms with Crippen molar-refractivity contribution in [3.63, 3.8) is 0 Å². The third kappa shape index (κ3) is 5.68. The number of hydrogen-bond acceptors (Lipinski definition) is 3. The van der Waals surface area contributed by atoms with Crippen LogP contribution in [0.2, 0.25) is 0 Å². The third-order valence-electron chi connectivity index (χ3n) is 2.54. The summed E-state index contributed by atoms with van der Waals surface area (Å²) in [5, 5.41) is 6.29. The second kappa shape index (κ2) is 8.41. The van der Waals surface area contributed by atoms with Gasteiger partial charge in [-0.05, 0) is 42.5 Å². The average Bonchev–Trinajstić information content (AvgIpc) is 2.95. The summed E-state index contributed by atoms with van der Waals surface area (Å²) < 4.78 is 19.5. The molecule has 1 aromatic carbocycles. The highest BCUT2D eigenvalue weighted by Gasteiger charge is 2.04. The molecule has 0 saturated carbocycles. The van der Waals surface area contributed by atoms with Crippen LogP contribution in [0, 0.1) is 5.82 Å². The molecule has 0 radical (unpaired) electrons. The molecule has 0 aliphatic heterocycles. The maximum Gasteiger partial charge on any atom is 0.170 e. The summed E-state index contributed by atoms with van der Waals surface area (Å²) in [6.45, 7) is 0.704. The number of thioether (sulfide) groups is 1. The van der Waals surface area contributed by atoms with Gasteiger partial charge in [0.15, 0.2) is 5.11 Å². The number of thiocarbonyl (C=S) groups is 1. The first-order valence-corrected chi connectivity index (χ1v) is 8.61. The van der Waals surface area contributed by atoms with Crippen LogP contribution in [0.1, 0.15) is 5.76 Å². The Morgan fingerprint density at radius 1 is 1.38 bits per heavy atom. The van der Waals surface area contributed by atoms with Crippen molar-refractivity contribution in [2.45, 2.75) is 5.75 Å². The quantitative estimate of drug-likeness (QED) is 0.566. The van der Waals surface area contributed by atoms with E-state index in [4.69, 9.17) is 16.6 Å². The van der Waals surface area contributed by atoms with Crippen LogP contribution in [0.4, 0.5) is 10.1 Å². The minimum Gasteiger partial charge on any atom is -0.468 e. The summed E-state index contributed by atoms with van der Waals surface area (Å²) in [7, 11) is 0. The van der Waals surface area contributed by atoms with Crippen LogP contribution in [0.25, 0.3) is 0 Å². The van der Waals surface area contributed by atoms with E-state index in [-0.39, 0.29) is 5.82 Å². The lowest BCUT2D eigenvalue weighted by Gasteiger charge is -2.11. The van der Waals surface area contributed by atoms with E-state index in [1.54, 1.807) is 30.2 Å². The maximum absolute atomic E-state index is 13.6. The van der Waals surface area contributed by atoms with Crippen molar-refractivity contribution >= 4 is 50.7 Å². The molecule has 2 rings (SSSR count). The molecule has 7 heteroatoms. The van der Waals surface area contributed by atoms with Crippen LogP contribution in [0.5, 0.6) is 0 Å². The van der Waals surface area contributed by atoms with Gasteiger partial charge in [0.2, 0.25) is 0 Å². The molecular formula is C14H14BrFN2OS2. The Balaban J connectivity index is 1.65. The highest BCUT2D eigenvalue weighted by Crippen LogP contribution is 2.19. The van der Waals surface area contributed by atoms with Crippen molar-refractivity contribution in [1.82, 2.24) is 5.32 Å². The van der Waals surface area contributed by atoms with Crippen molar-refractivity contribution in [2.24, 2.45) is 0 Å². The van der Waals surface area contributed by atoms with E-state index in [2.05, 4.69) is 26.6 Å². The van der Waals surface area contributed by atoms with Gasteiger partial charge in [-0.1, -0.05) is 15.9 Å². The van der Waals surface area contributed by atoms with Gasteiger partial charge >= 0.3 is 0 Å². The fourth-order valence-corrected chi connectivity index (χ4v) is 2.86. The van der Waals surface area contributed by atoms with E-state index in [1.165, 1.54) is 6.07 Å². The molecule has 2 aromatic rings. The fraction of sp³-hybridized carbons (Fsp3) is 0.214. The minimum atomic E-state index is -0.347. The van der Waals surface area contributed by atoms with Gasteiger partial charge in [0.05, 0.1) is 17.7 Å². The lowest BCUT2D eigenvalue weighted by molar-refractivity contribution is 0.530. The number of benzene rings is 1. The zero-order chi connectivity index (χ0) is 15.1. The number of furan rings is 1. The van der Waals surface area contributed by atoms with E-state index in [9.17, 15) is 4.39 Å². The van der Waals surface area contributed by atoms with E-state index in [1.807, 2.05) is 12.1 Å². The standard InChI is InChI=1S/C14H14BrFN2OS2/c15-10-3-4-13(12(16)8-10)18-14(20)17-5-7-21-9-11-2-1-6-19-11/h1-4,6,8H,5,7,9H2,(H2,17,18,20). The lowest BCUT2D eigenvalue weighted by atomic mass is 10.3. The van der Waals surface area contributed by atoms with Gasteiger partial charge in [-0.3, -0.25) is 0 Å². The predicted octanol–water partition coefficient (Wildman–Crippen LogP) is 4.40. The fourth-order valence-electron chi connectivity index (χ4n) is 1.56. The first kappa shape index (κ1) is 16.3. The largest absolute Gasteiger partial charge is 0.468 e. The molecule has 0 fully saturated rings. The molecule has 1 aromatic heterocycles. The minimum absolute atomic E-state index is 0.347. The zero-order valence-corrected chi connectivity index (χ0v) is 14.3. The molecule has 0 amide bonds. The molecular weight excluding hydrogens is 375 g/mol. The Bertz CT molecular complexity index is 593. The summed E-state index contributed by atoms with van der Waals surface area (Å²) in [5.41, 5.74) is 0.360. The van der Waals surface area contributed by atoms with Gasteiger partial charge in [-0.15, -0.1) is 0 Å². The van der Waals surface area contributed by atoms with Crippen molar-refractivity contribution < 1.29 is 8.81 Å². The topological polar surface area (TPSA) is 37.2 Å². The first-order valence-electron chi connectivity index (χ1n) is 6.25. The molecule has 0 aliphatic carbocycles. The summed E-state index contributed by atoms with van der Waals surface area (Å²) >= 11 is 10.1. The molecule has 1 heterocycles. The Hall–Kier alpha value is -1.05. The smallest absolute Gasteiger partial charge is 0.170 e. The monoisotopic (exact) mass is 388 g/mol. The number of rotatable bonds is 6. The van der Waals surface area contributed by atoms with E-state index in [0.717, 1.165) is 17.3 Å². The summed E-state index contributed by atoms with van der Waals surface area (Å²) in [6.07, 6.45) is 1.67. The Morgan fingerprint density at radius 2 is 2.24 bits per heavy atom. The SMILES string of the molecule is Fc1cc(Br)ccc1NC(=S)NCCSCc1ccco1. The Kier molecular flexibility index (Phi) is 6.53. The average molecular weight is 389 g/mol. The van der Waals surface area contributed by atoms with Crippen LogP contribution in [0.15, 0.2) is 45.5 Å². The molecule has 0 atom stereocenters. The van der Waals surface area contributed by atoms with E-state index < -0.39 is 0 Å². The molecule has 3 nitrogen and oxygen atoms in total. The number of hydrogen-bond donors (Lipinski definition) is 2. The molecule has 0 aliphatic rings. The van der Waals surface area contributed by atoms with E-state index >= 15 is 0 Å². The lowest BCUT2D eigenvalue weighted by Crippen LogP contribution is -2.30. The van der Waals surface area contributed by atoms with Crippen molar-refractivity contribution in [1.29, 1.82) is 0 Å². The zero-order valence-electron chi connectivity index (χ0n) is 11.1. The number of nitrogens with one attached hydrogen (secondary N) is 2. The third-order valence-corrected chi connectivity index (χ3v) is 4.26. The number of halogens is 2. The molecule has 21 heavy (non-hydrogen) atoms. The second-order valence-corrected chi connectivity index (χ2v) is 6.57. The van der Waals surface area contributed by atoms with Gasteiger partial charge in [0.25, 0.3) is 0 Å². The Labute approximate surface area is 140 Å². The van der Waals surface area contributed by atoms with Crippen molar-refractivity contribution in [3.8, 4) is 0 Å². The highest BCUT2D eigenvalue weighted by atomic mass is 79.9. The molecule has 0 saturated heterocycles. The molecule has 112 valence electrons. The molecule has 0 spiro atoms. The molecule has 0 bridgehead atoms. The molecule has 2 N–H and O–H groups in total. The van der Waals surface area contributed by atoms with Crippen molar-refractivity contribution in [3.05, 3.63) is 52.6 Å². The van der Waals surface area contributed by atoms with Crippen LogP contribution in [0.3, 0.4) is 0 Å². The Morgan fingerprint density at radius 3 is 2.95 bits per heavy atom. The van der Waals surface area contributed by atoms with Crippen molar-refractivity contribution in [2.75, 3.05) is 17.6 Å². The second-order valence-electron chi connectivity index (χ2n) is 4.14. The van der Waals surface area contributed by atoms with Gasteiger partial charge in [-0.25, -0.2) is 4.39 Å². The van der Waals surface area contributed by atoms with Crippen LogP contribution in [-0.4, -0.2) is 17.4 Å². The van der Waals surface area contributed by atoms with E-state index in [0.29, 0.717) is 21.8 Å². The normalized spacial score (nSPS) is 10.4. The highest BCUT2D eigenvalue weighted by molar-refractivity contribution is 9.10. The van der Waals surface area contributed by atoms with Gasteiger partial charge < -0.3 is 15.1 Å². The predicted molar refractivity (Wildman–Crippen MR) is 93.2 cm³/mol. The van der Waals surface area contributed by atoms with Gasteiger partial charge in [-0.2, -0.15) is 11.8 Å². The van der Waals surface area contributed by atoms with Crippen LogP contribution < -0.4 is 10.6 Å². The van der Waals surface area contributed by atoms with Crippen LogP contribution >= 0.6 is 39.9 Å². The maximum atomic E-state index is 13.6. The van der Waals surface area contributed by atoms with Gasteiger partial charge in [0.1, 0.15) is 11.6 Å². The van der Waals surface area contributed by atoms with Crippen LogP contribution in [-0.2, 0) is 5.75 Å².